The highest BCUT2D eigenvalue weighted by Gasteiger charge is 2.25. The van der Waals surface area contributed by atoms with Gasteiger partial charge in [-0.3, -0.25) is 19.1 Å². The molecule has 2 aromatic rings. The van der Waals surface area contributed by atoms with E-state index in [1.807, 2.05) is 31.2 Å². The molecule has 0 unspecified atom stereocenters. The van der Waals surface area contributed by atoms with E-state index < -0.39 is 11.9 Å². The number of carbonyl (C=O) groups excluding carboxylic acids is 3. The number of carbonyl (C=O) groups is 3. The number of nitrogens with zero attached hydrogens (tertiary/aromatic N) is 3. The quantitative estimate of drug-likeness (QED) is 0.744. The second-order valence-corrected chi connectivity index (χ2v) is 7.45. The van der Waals surface area contributed by atoms with Gasteiger partial charge in [0, 0.05) is 18.5 Å². The Labute approximate surface area is 167 Å². The molecule has 2 heterocycles. The van der Waals surface area contributed by atoms with Crippen molar-refractivity contribution < 1.29 is 19.1 Å². The first-order valence-electron chi connectivity index (χ1n) is 8.84. The van der Waals surface area contributed by atoms with E-state index in [9.17, 15) is 14.4 Å². The zero-order valence-electron chi connectivity index (χ0n) is 16.0. The summed E-state index contributed by atoms with van der Waals surface area (Å²) in [6, 6.07) is 7.58. The highest BCUT2D eigenvalue weighted by molar-refractivity contribution is 8.00. The van der Waals surface area contributed by atoms with Gasteiger partial charge in [0.15, 0.2) is 6.61 Å². The molecule has 1 aliphatic heterocycles. The van der Waals surface area contributed by atoms with Crippen LogP contribution in [0.1, 0.15) is 17.8 Å². The number of benzene rings is 1. The van der Waals surface area contributed by atoms with Crippen LogP contribution >= 0.6 is 11.8 Å². The number of ether oxygens (including phenoxy) is 1. The molecule has 0 fully saturated rings. The van der Waals surface area contributed by atoms with Gasteiger partial charge in [0.05, 0.1) is 34.9 Å². The Morgan fingerprint density at radius 2 is 2.04 bits per heavy atom. The minimum atomic E-state index is -0.529. The SMILES string of the molecule is Cc1nn(C)c(C)c1NC(=O)COC(=O)CCN1C(=O)CSc2ccccc21. The molecule has 1 aliphatic rings. The Hall–Kier alpha value is -2.81. The van der Waals surface area contributed by atoms with Gasteiger partial charge in [-0.15, -0.1) is 11.8 Å². The largest absolute Gasteiger partial charge is 0.456 e. The minimum Gasteiger partial charge on any atom is -0.456 e. The molecule has 0 atom stereocenters. The molecule has 0 saturated heterocycles. The summed E-state index contributed by atoms with van der Waals surface area (Å²) >= 11 is 1.49. The summed E-state index contributed by atoms with van der Waals surface area (Å²) in [5.41, 5.74) is 2.94. The third-order valence-electron chi connectivity index (χ3n) is 4.49. The molecule has 9 heteroatoms. The number of aryl methyl sites for hydroxylation is 2. The van der Waals surface area contributed by atoms with E-state index in [0.717, 1.165) is 16.3 Å². The summed E-state index contributed by atoms with van der Waals surface area (Å²) in [6.45, 7) is 3.47. The number of hydrogen-bond donors (Lipinski definition) is 1. The lowest BCUT2D eigenvalue weighted by Crippen LogP contribution is -2.37. The van der Waals surface area contributed by atoms with E-state index in [1.165, 1.54) is 11.8 Å². The topological polar surface area (TPSA) is 93.5 Å². The lowest BCUT2D eigenvalue weighted by Gasteiger charge is -2.28. The van der Waals surface area contributed by atoms with Crippen LogP contribution in [0.25, 0.3) is 0 Å². The average Bonchev–Trinajstić information content (AvgIpc) is 2.91. The van der Waals surface area contributed by atoms with Crippen molar-refractivity contribution in [1.29, 1.82) is 0 Å². The maximum Gasteiger partial charge on any atom is 0.308 e. The molecule has 0 saturated carbocycles. The lowest BCUT2D eigenvalue weighted by molar-refractivity contribution is -0.147. The van der Waals surface area contributed by atoms with Gasteiger partial charge in [0.25, 0.3) is 5.91 Å². The molecule has 1 aromatic carbocycles. The zero-order valence-corrected chi connectivity index (χ0v) is 16.8. The van der Waals surface area contributed by atoms with Gasteiger partial charge in [0.2, 0.25) is 5.91 Å². The first kappa shape index (κ1) is 19.9. The highest BCUT2D eigenvalue weighted by atomic mass is 32.2. The summed E-state index contributed by atoms with van der Waals surface area (Å²) in [5.74, 6) is -0.656. The fourth-order valence-electron chi connectivity index (χ4n) is 2.95. The van der Waals surface area contributed by atoms with Gasteiger partial charge in [-0.1, -0.05) is 12.1 Å². The van der Waals surface area contributed by atoms with Crippen LogP contribution in [-0.2, 0) is 26.2 Å². The van der Waals surface area contributed by atoms with Gasteiger partial charge < -0.3 is 15.0 Å². The van der Waals surface area contributed by atoms with Crippen LogP contribution in [-0.4, -0.2) is 46.5 Å². The van der Waals surface area contributed by atoms with E-state index in [4.69, 9.17) is 4.74 Å². The smallest absolute Gasteiger partial charge is 0.308 e. The number of aromatic nitrogens is 2. The average molecular weight is 402 g/mol. The maximum atomic E-state index is 12.2. The molecule has 3 rings (SSSR count). The van der Waals surface area contributed by atoms with Crippen LogP contribution < -0.4 is 10.2 Å². The predicted molar refractivity (Wildman–Crippen MR) is 106 cm³/mol. The third-order valence-corrected chi connectivity index (χ3v) is 5.53. The predicted octanol–water partition coefficient (Wildman–Crippen LogP) is 2.05. The van der Waals surface area contributed by atoms with Crippen LogP contribution in [0.4, 0.5) is 11.4 Å². The summed E-state index contributed by atoms with van der Waals surface area (Å²) < 4.78 is 6.72. The van der Waals surface area contributed by atoms with Crippen molar-refractivity contribution in [3.8, 4) is 0 Å². The van der Waals surface area contributed by atoms with Crippen molar-refractivity contribution in [2.24, 2.45) is 7.05 Å². The van der Waals surface area contributed by atoms with Crippen LogP contribution in [0.2, 0.25) is 0 Å². The second-order valence-electron chi connectivity index (χ2n) is 6.43. The number of nitrogens with one attached hydrogen (secondary N) is 1. The molecule has 0 radical (unpaired) electrons. The Balaban J connectivity index is 1.50. The third kappa shape index (κ3) is 4.36. The second kappa shape index (κ2) is 8.47. The number of thioether (sulfide) groups is 1. The number of fused-ring (bicyclic) bond motifs is 1. The van der Waals surface area contributed by atoms with Gasteiger partial charge in [0.1, 0.15) is 0 Å². The summed E-state index contributed by atoms with van der Waals surface area (Å²) in [4.78, 5) is 38.9. The first-order chi connectivity index (χ1) is 13.4. The molecule has 1 N–H and O–H groups in total. The number of anilines is 2. The molecule has 8 nitrogen and oxygen atoms in total. The number of rotatable bonds is 6. The molecule has 0 spiro atoms. The van der Waals surface area contributed by atoms with Crippen molar-refractivity contribution in [2.75, 3.05) is 29.1 Å². The van der Waals surface area contributed by atoms with Gasteiger partial charge in [-0.2, -0.15) is 5.10 Å². The molecule has 0 aliphatic carbocycles. The molecule has 28 heavy (non-hydrogen) atoms. The molecule has 2 amide bonds. The minimum absolute atomic E-state index is 0.0168. The van der Waals surface area contributed by atoms with Crippen molar-refractivity contribution >= 4 is 40.9 Å². The normalized spacial score (nSPS) is 13.2. The van der Waals surface area contributed by atoms with Crippen molar-refractivity contribution in [2.45, 2.75) is 25.2 Å². The van der Waals surface area contributed by atoms with Gasteiger partial charge in [-0.05, 0) is 26.0 Å². The number of hydrogen-bond acceptors (Lipinski definition) is 6. The highest BCUT2D eigenvalue weighted by Crippen LogP contribution is 2.34. The van der Waals surface area contributed by atoms with Crippen LogP contribution in [0.15, 0.2) is 29.2 Å². The van der Waals surface area contributed by atoms with E-state index in [1.54, 1.807) is 23.6 Å². The Kier molecular flexibility index (Phi) is 6.03. The summed E-state index contributed by atoms with van der Waals surface area (Å²) in [6.07, 6.45) is 0.0168. The number of amides is 2. The van der Waals surface area contributed by atoms with Crippen LogP contribution in [0.5, 0.6) is 0 Å². The molecular formula is C19H22N4O4S. The molecule has 148 valence electrons. The van der Waals surface area contributed by atoms with E-state index in [-0.39, 0.29) is 25.5 Å². The lowest BCUT2D eigenvalue weighted by atomic mass is 10.2. The van der Waals surface area contributed by atoms with Crippen LogP contribution in [0.3, 0.4) is 0 Å². The first-order valence-corrected chi connectivity index (χ1v) is 9.83. The van der Waals surface area contributed by atoms with Crippen molar-refractivity contribution in [3.63, 3.8) is 0 Å². The maximum absolute atomic E-state index is 12.2. The summed E-state index contributed by atoms with van der Waals surface area (Å²) in [5, 5.41) is 6.93. The molecule has 1 aromatic heterocycles. The fraction of sp³-hybridized carbons (Fsp3) is 0.368. The summed E-state index contributed by atoms with van der Waals surface area (Å²) in [7, 11) is 1.79. The number of esters is 1. The Morgan fingerprint density at radius 1 is 1.29 bits per heavy atom. The molecular weight excluding hydrogens is 380 g/mol. The van der Waals surface area contributed by atoms with Crippen molar-refractivity contribution in [3.05, 3.63) is 35.7 Å². The van der Waals surface area contributed by atoms with E-state index in [0.29, 0.717) is 17.1 Å². The van der Waals surface area contributed by atoms with Crippen LogP contribution in [0, 0.1) is 13.8 Å². The monoisotopic (exact) mass is 402 g/mol. The zero-order chi connectivity index (χ0) is 20.3. The number of para-hydroxylation sites is 1. The Bertz CT molecular complexity index is 925. The van der Waals surface area contributed by atoms with Gasteiger partial charge >= 0.3 is 5.97 Å². The van der Waals surface area contributed by atoms with Gasteiger partial charge in [-0.25, -0.2) is 0 Å². The fourth-order valence-corrected chi connectivity index (χ4v) is 3.89. The van der Waals surface area contributed by atoms with E-state index >= 15 is 0 Å². The van der Waals surface area contributed by atoms with E-state index in [2.05, 4.69) is 10.4 Å². The Morgan fingerprint density at radius 3 is 2.75 bits per heavy atom. The standard InChI is InChI=1S/C19H22N4O4S/c1-12-19(13(2)22(3)21-12)20-16(24)10-27-18(26)8-9-23-14-6-4-5-7-15(14)28-11-17(23)25/h4-7H,8-11H2,1-3H3,(H,20,24). The molecule has 0 bridgehead atoms. The van der Waals surface area contributed by atoms with Crippen molar-refractivity contribution in [1.82, 2.24) is 9.78 Å².